The second-order valence-electron chi connectivity index (χ2n) is 9.56. The molecule has 10 nitrogen and oxygen atoms in total. The molecule has 0 unspecified atom stereocenters. The highest BCUT2D eigenvalue weighted by Gasteiger charge is 2.19. The van der Waals surface area contributed by atoms with Gasteiger partial charge in [0.1, 0.15) is 5.75 Å². The highest BCUT2D eigenvalue weighted by Crippen LogP contribution is 2.30. The van der Waals surface area contributed by atoms with Gasteiger partial charge in [0, 0.05) is 17.3 Å². The second kappa shape index (κ2) is 11.9. The number of nitrogens with zero attached hydrogens (tertiary/aromatic N) is 5. The topological polar surface area (TPSA) is 125 Å². The molecule has 1 amide bonds. The van der Waals surface area contributed by atoms with Gasteiger partial charge in [-0.3, -0.25) is 19.5 Å². The van der Waals surface area contributed by atoms with Crippen LogP contribution in [0.5, 0.6) is 5.75 Å². The van der Waals surface area contributed by atoms with E-state index in [2.05, 4.69) is 53.6 Å². The minimum atomic E-state index is -0.501. The third kappa shape index (κ3) is 6.68. The lowest BCUT2D eigenvalue weighted by Gasteiger charge is -2.19. The first-order valence-corrected chi connectivity index (χ1v) is 13.0. The summed E-state index contributed by atoms with van der Waals surface area (Å²) in [6.07, 6.45) is 1.25. The summed E-state index contributed by atoms with van der Waals surface area (Å²) in [6.45, 7) is 6.48. The number of methoxy groups -OCH3 is 1. The monoisotopic (exact) mass is 544 g/mol. The molecule has 0 aliphatic heterocycles. The molecule has 1 aromatic heterocycles. The summed E-state index contributed by atoms with van der Waals surface area (Å²) in [4.78, 5) is 23.2. The van der Waals surface area contributed by atoms with E-state index in [1.807, 2.05) is 41.0 Å². The van der Waals surface area contributed by atoms with Crippen LogP contribution >= 0.6 is 11.8 Å². The van der Waals surface area contributed by atoms with Gasteiger partial charge >= 0.3 is 0 Å². The molecule has 4 rings (SSSR count). The number of amides is 1. The van der Waals surface area contributed by atoms with Crippen LogP contribution in [-0.2, 0) is 10.2 Å². The van der Waals surface area contributed by atoms with E-state index in [-0.39, 0.29) is 22.4 Å². The number of carbonyl (C=O) groups is 1. The van der Waals surface area contributed by atoms with Gasteiger partial charge in [0.2, 0.25) is 0 Å². The number of para-hydroxylation sites is 1. The summed E-state index contributed by atoms with van der Waals surface area (Å²) in [6, 6.07) is 21.8. The molecule has 39 heavy (non-hydrogen) atoms. The van der Waals surface area contributed by atoms with Gasteiger partial charge in [-0.2, -0.15) is 5.10 Å². The molecule has 0 atom stereocenters. The maximum absolute atomic E-state index is 12.5. The van der Waals surface area contributed by atoms with Crippen LogP contribution in [0.2, 0.25) is 0 Å². The number of nitro groups is 1. The normalized spacial score (nSPS) is 11.5. The van der Waals surface area contributed by atoms with Crippen molar-refractivity contribution in [1.29, 1.82) is 0 Å². The van der Waals surface area contributed by atoms with Gasteiger partial charge in [-0.1, -0.05) is 68.9 Å². The number of hydrogen-bond acceptors (Lipinski definition) is 8. The minimum absolute atomic E-state index is 0.00543. The van der Waals surface area contributed by atoms with Crippen LogP contribution in [0.25, 0.3) is 17.1 Å². The molecule has 0 spiro atoms. The first-order valence-electron chi connectivity index (χ1n) is 12.1. The lowest BCUT2D eigenvalue weighted by molar-refractivity contribution is -0.385. The van der Waals surface area contributed by atoms with E-state index in [0.717, 1.165) is 11.3 Å². The van der Waals surface area contributed by atoms with Crippen molar-refractivity contribution < 1.29 is 14.5 Å². The Balaban J connectivity index is 1.55. The van der Waals surface area contributed by atoms with Gasteiger partial charge < -0.3 is 4.74 Å². The number of nitrogens with one attached hydrogen (secondary N) is 1. The predicted octanol–water partition coefficient (Wildman–Crippen LogP) is 5.39. The van der Waals surface area contributed by atoms with Crippen LogP contribution < -0.4 is 10.2 Å². The summed E-state index contributed by atoms with van der Waals surface area (Å²) in [5, 5.41) is 24.4. The Morgan fingerprint density at radius 3 is 2.41 bits per heavy atom. The van der Waals surface area contributed by atoms with Crippen molar-refractivity contribution >= 4 is 29.6 Å². The average Bonchev–Trinajstić information content (AvgIpc) is 3.35. The van der Waals surface area contributed by atoms with E-state index in [0.29, 0.717) is 16.7 Å². The fraction of sp³-hybridized carbons (Fsp3) is 0.214. The number of hydrogen-bond donors (Lipinski definition) is 1. The zero-order valence-corrected chi connectivity index (χ0v) is 22.8. The highest BCUT2D eigenvalue weighted by atomic mass is 32.2. The first-order chi connectivity index (χ1) is 18.7. The third-order valence-corrected chi connectivity index (χ3v) is 6.76. The Hall–Kier alpha value is -4.51. The molecule has 4 aromatic rings. The zero-order chi connectivity index (χ0) is 28.0. The maximum Gasteiger partial charge on any atom is 0.278 e. The van der Waals surface area contributed by atoms with Crippen LogP contribution in [-0.4, -0.2) is 44.7 Å². The standard InChI is InChI=1S/C28H28N6O4S/c1-28(2,3)21-11-9-19(10-12-21)26-31-32-27(33(26)22-13-15-23(38-4)16-14-22)39-18-25(35)30-29-17-20-7-5-6-8-24(20)34(36)37/h5-17H,18H2,1-4H3,(H,30,35). The summed E-state index contributed by atoms with van der Waals surface area (Å²) >= 11 is 1.20. The molecular formula is C28H28N6O4S. The van der Waals surface area contributed by atoms with E-state index in [4.69, 9.17) is 4.74 Å². The molecule has 1 heterocycles. The fourth-order valence-corrected chi connectivity index (χ4v) is 4.48. The van der Waals surface area contributed by atoms with Gasteiger partial charge in [0.25, 0.3) is 11.6 Å². The Morgan fingerprint density at radius 2 is 1.77 bits per heavy atom. The Kier molecular flexibility index (Phi) is 8.40. The molecule has 0 saturated heterocycles. The van der Waals surface area contributed by atoms with Gasteiger partial charge in [0.05, 0.1) is 29.6 Å². The smallest absolute Gasteiger partial charge is 0.278 e. The highest BCUT2D eigenvalue weighted by molar-refractivity contribution is 7.99. The Bertz CT molecular complexity index is 1490. The van der Waals surface area contributed by atoms with Crippen molar-refractivity contribution in [3.63, 3.8) is 0 Å². The first kappa shape index (κ1) is 27.5. The number of aromatic nitrogens is 3. The fourth-order valence-electron chi connectivity index (χ4n) is 3.73. The summed E-state index contributed by atoms with van der Waals surface area (Å²) in [5.74, 6) is 0.965. The van der Waals surface area contributed by atoms with Crippen molar-refractivity contribution in [2.24, 2.45) is 5.10 Å². The molecule has 0 saturated carbocycles. The third-order valence-electron chi connectivity index (χ3n) is 5.83. The van der Waals surface area contributed by atoms with Crippen LogP contribution in [0.3, 0.4) is 0 Å². The molecule has 200 valence electrons. The molecule has 3 aromatic carbocycles. The van der Waals surface area contributed by atoms with Gasteiger partial charge in [-0.25, -0.2) is 5.43 Å². The van der Waals surface area contributed by atoms with Crippen molar-refractivity contribution in [2.45, 2.75) is 31.3 Å². The summed E-state index contributed by atoms with van der Waals surface area (Å²) < 4.78 is 7.19. The molecule has 11 heteroatoms. The number of hydrazone groups is 1. The van der Waals surface area contributed by atoms with Crippen LogP contribution in [0.1, 0.15) is 31.9 Å². The Morgan fingerprint density at radius 1 is 1.08 bits per heavy atom. The zero-order valence-electron chi connectivity index (χ0n) is 22.0. The van der Waals surface area contributed by atoms with E-state index in [1.165, 1.54) is 29.6 Å². The SMILES string of the molecule is COc1ccc(-n2c(SCC(=O)NN=Cc3ccccc3[N+](=O)[O-])nnc2-c2ccc(C(C)(C)C)cc2)cc1. The van der Waals surface area contributed by atoms with E-state index in [9.17, 15) is 14.9 Å². The van der Waals surface area contributed by atoms with Crippen molar-refractivity contribution in [3.05, 3.63) is 94.0 Å². The molecule has 1 N–H and O–H groups in total. The number of carbonyl (C=O) groups excluding carboxylic acids is 1. The van der Waals surface area contributed by atoms with Crippen LogP contribution in [0, 0.1) is 10.1 Å². The van der Waals surface area contributed by atoms with Crippen molar-refractivity contribution in [3.8, 4) is 22.8 Å². The van der Waals surface area contributed by atoms with Crippen molar-refractivity contribution in [2.75, 3.05) is 12.9 Å². The predicted molar refractivity (Wildman–Crippen MR) is 152 cm³/mol. The molecule has 0 radical (unpaired) electrons. The quantitative estimate of drug-likeness (QED) is 0.130. The number of rotatable bonds is 9. The molecule has 0 fully saturated rings. The molecule has 0 bridgehead atoms. The van der Waals surface area contributed by atoms with Crippen LogP contribution in [0.15, 0.2) is 83.1 Å². The largest absolute Gasteiger partial charge is 0.497 e. The summed E-state index contributed by atoms with van der Waals surface area (Å²) in [7, 11) is 1.61. The average molecular weight is 545 g/mol. The van der Waals surface area contributed by atoms with E-state index >= 15 is 0 Å². The van der Waals surface area contributed by atoms with Gasteiger partial charge in [-0.05, 0) is 41.3 Å². The number of thioether (sulfide) groups is 1. The maximum atomic E-state index is 12.5. The van der Waals surface area contributed by atoms with Gasteiger partial charge in [-0.15, -0.1) is 10.2 Å². The number of benzene rings is 3. The second-order valence-corrected chi connectivity index (χ2v) is 10.5. The molecule has 0 aliphatic carbocycles. The van der Waals surface area contributed by atoms with Crippen LogP contribution in [0.4, 0.5) is 5.69 Å². The molecule has 0 aliphatic rings. The minimum Gasteiger partial charge on any atom is -0.497 e. The lowest BCUT2D eigenvalue weighted by Crippen LogP contribution is -2.20. The Labute approximate surface area is 230 Å². The van der Waals surface area contributed by atoms with Gasteiger partial charge in [0.15, 0.2) is 11.0 Å². The van der Waals surface area contributed by atoms with E-state index < -0.39 is 10.8 Å². The van der Waals surface area contributed by atoms with Crippen molar-refractivity contribution in [1.82, 2.24) is 20.2 Å². The summed E-state index contributed by atoms with van der Waals surface area (Å²) in [5.41, 5.74) is 5.53. The van der Waals surface area contributed by atoms with E-state index in [1.54, 1.807) is 25.3 Å². The number of ether oxygens (including phenoxy) is 1. The molecular weight excluding hydrogens is 516 g/mol. The number of nitro benzene ring substituents is 1. The lowest BCUT2D eigenvalue weighted by atomic mass is 9.87.